The van der Waals surface area contributed by atoms with E-state index in [0.717, 1.165) is 7.96 Å². The van der Waals surface area contributed by atoms with E-state index in [1.807, 2.05) is 0 Å². The summed E-state index contributed by atoms with van der Waals surface area (Å²) in [7, 11) is 6.68. The maximum atomic E-state index is 3.07. The Balaban J connectivity index is 3.76. The van der Waals surface area contributed by atoms with Crippen molar-refractivity contribution in [1.29, 1.82) is 0 Å². The minimum absolute atomic E-state index is 0.184. The van der Waals surface area contributed by atoms with Gasteiger partial charge in [-0.3, -0.25) is 0 Å². The lowest BCUT2D eigenvalue weighted by Gasteiger charge is -2.31. The van der Waals surface area contributed by atoms with E-state index in [2.05, 4.69) is 77.6 Å². The molecule has 0 aromatic carbocycles. The summed E-state index contributed by atoms with van der Waals surface area (Å²) in [6.45, 7) is 18.6. The van der Waals surface area contributed by atoms with Crippen molar-refractivity contribution in [2.45, 2.75) is 66.2 Å². The van der Waals surface area contributed by atoms with Crippen LogP contribution in [0, 0.1) is 13.8 Å². The fourth-order valence-electron chi connectivity index (χ4n) is 2.73. The van der Waals surface area contributed by atoms with Crippen LogP contribution in [0.2, 0.25) is 0 Å². The van der Waals surface area contributed by atoms with Gasteiger partial charge in [0.1, 0.15) is 0 Å². The van der Waals surface area contributed by atoms with Crippen LogP contribution in [0.4, 0.5) is 0 Å². The molecule has 0 aliphatic carbocycles. The lowest BCUT2D eigenvalue weighted by molar-refractivity contribution is 0.516. The van der Waals surface area contributed by atoms with Crippen LogP contribution in [-0.4, -0.2) is 4.34 Å². The molecule has 1 aromatic rings. The Hall–Kier alpha value is 1.000. The van der Waals surface area contributed by atoms with Gasteiger partial charge in [0.05, 0.1) is 0 Å². The summed E-state index contributed by atoms with van der Waals surface area (Å²) in [6.07, 6.45) is 0. The van der Waals surface area contributed by atoms with Crippen LogP contribution in [0.1, 0.15) is 64.1 Å². The van der Waals surface area contributed by atoms with Gasteiger partial charge in [0, 0.05) is 24.3 Å². The summed E-state index contributed by atoms with van der Waals surface area (Å²) >= 11 is 0. The zero-order valence-corrected chi connectivity index (χ0v) is 17.8. The molecule has 19 heavy (non-hydrogen) atoms. The van der Waals surface area contributed by atoms with Crippen LogP contribution >= 0.6 is 33.3 Å². The van der Waals surface area contributed by atoms with Gasteiger partial charge in [-0.15, -0.1) is 8.93 Å². The number of rotatable bonds is 2. The zero-order chi connectivity index (χ0) is 15.2. The van der Waals surface area contributed by atoms with Crippen molar-refractivity contribution in [3.05, 3.63) is 22.5 Å². The van der Waals surface area contributed by atoms with E-state index in [-0.39, 0.29) is 18.3 Å². The Morgan fingerprint density at radius 3 is 1.79 bits per heavy atom. The van der Waals surface area contributed by atoms with Crippen molar-refractivity contribution < 1.29 is 0 Å². The first-order chi connectivity index (χ1) is 8.42. The highest BCUT2D eigenvalue weighted by Crippen LogP contribution is 2.68. The van der Waals surface area contributed by atoms with Gasteiger partial charge in [0.2, 0.25) is 0 Å². The summed E-state index contributed by atoms with van der Waals surface area (Å²) in [5.41, 5.74) is 6.40. The molecule has 1 heterocycles. The molecule has 5 heteroatoms. The minimum Gasteiger partial charge on any atom is -0.319 e. The molecular formula is C14H29NP4. The highest BCUT2D eigenvalue weighted by Gasteiger charge is 2.33. The number of hydrogen-bond donors (Lipinski definition) is 0. The molecule has 1 rings (SSSR count). The van der Waals surface area contributed by atoms with Crippen molar-refractivity contribution in [3.63, 3.8) is 0 Å². The predicted octanol–water partition coefficient (Wildman–Crippen LogP) is 6.12. The largest absolute Gasteiger partial charge is 0.319 e. The lowest BCUT2D eigenvalue weighted by Crippen LogP contribution is -2.23. The molecule has 4 unspecified atom stereocenters. The molecule has 0 amide bonds. The zero-order valence-electron chi connectivity index (χ0n) is 13.5. The smallest absolute Gasteiger partial charge is 0.0394 e. The van der Waals surface area contributed by atoms with Crippen LogP contribution in [0.25, 0.3) is 0 Å². The van der Waals surface area contributed by atoms with Gasteiger partial charge in [0.15, 0.2) is 0 Å². The van der Waals surface area contributed by atoms with Crippen molar-refractivity contribution in [1.82, 2.24) is 4.34 Å². The maximum absolute atomic E-state index is 3.07. The lowest BCUT2D eigenvalue weighted by atomic mass is 9.78. The number of nitrogens with zero attached hydrogens (tertiary/aromatic N) is 1. The average molecular weight is 335 g/mol. The standard InChI is InChI=1S/C14H29NP4/c1-9-10(2)15(19(17)18-16)12(14(6,7)8)11(9)13(3,4)5/h18H,16-17H2,1-8H3. The number of hydrogen-bond acceptors (Lipinski definition) is 0. The van der Waals surface area contributed by atoms with E-state index in [0.29, 0.717) is 0 Å². The third-order valence-electron chi connectivity index (χ3n) is 3.49. The molecule has 0 saturated heterocycles. The van der Waals surface area contributed by atoms with Crippen molar-refractivity contribution in [2.75, 3.05) is 0 Å². The second-order valence-electron chi connectivity index (χ2n) is 7.22. The van der Waals surface area contributed by atoms with E-state index < -0.39 is 0 Å². The topological polar surface area (TPSA) is 4.93 Å². The highest BCUT2D eigenvalue weighted by atomic mass is 32.6. The van der Waals surface area contributed by atoms with Gasteiger partial charge in [-0.1, -0.05) is 58.4 Å². The molecule has 110 valence electrons. The molecule has 0 radical (unpaired) electrons. The first kappa shape index (κ1) is 18.1. The van der Waals surface area contributed by atoms with Crippen molar-refractivity contribution in [3.8, 4) is 0 Å². The molecule has 0 aliphatic rings. The van der Waals surface area contributed by atoms with Gasteiger partial charge >= 0.3 is 0 Å². The summed E-state index contributed by atoms with van der Waals surface area (Å²) in [5.74, 6) is 0. The summed E-state index contributed by atoms with van der Waals surface area (Å²) in [6, 6.07) is 0. The van der Waals surface area contributed by atoms with E-state index >= 15 is 0 Å². The third kappa shape index (κ3) is 3.61. The summed E-state index contributed by atoms with van der Waals surface area (Å²) in [5, 5.41) is 0. The van der Waals surface area contributed by atoms with Crippen LogP contribution in [0.15, 0.2) is 0 Å². The molecule has 0 N–H and O–H groups in total. The molecule has 0 saturated carbocycles. The summed E-state index contributed by atoms with van der Waals surface area (Å²) in [4.78, 5) is 0. The summed E-state index contributed by atoms with van der Waals surface area (Å²) < 4.78 is 2.61. The van der Waals surface area contributed by atoms with E-state index in [1.165, 1.54) is 17.0 Å². The van der Waals surface area contributed by atoms with Crippen LogP contribution in [0.5, 0.6) is 0 Å². The maximum Gasteiger partial charge on any atom is 0.0394 e. The van der Waals surface area contributed by atoms with Gasteiger partial charge in [-0.25, -0.2) is 0 Å². The molecule has 0 bridgehead atoms. The third-order valence-corrected chi connectivity index (χ3v) is 13.2. The van der Waals surface area contributed by atoms with Crippen LogP contribution in [0.3, 0.4) is 0 Å². The van der Waals surface area contributed by atoms with Crippen molar-refractivity contribution in [2.24, 2.45) is 0 Å². The predicted molar refractivity (Wildman–Crippen MR) is 101 cm³/mol. The highest BCUT2D eigenvalue weighted by molar-refractivity contribution is 8.60. The molecule has 1 aromatic heterocycles. The SMILES string of the molecule is Cc1c(C(C)(C)C)c(C(C)(C)C)n(P(P)PP)c1C. The van der Waals surface area contributed by atoms with Crippen molar-refractivity contribution >= 4 is 33.3 Å². The van der Waals surface area contributed by atoms with Crippen LogP contribution < -0.4 is 0 Å². The minimum atomic E-state index is -0.198. The van der Waals surface area contributed by atoms with Gasteiger partial charge < -0.3 is 4.34 Å². The first-order valence-electron chi connectivity index (χ1n) is 6.67. The molecule has 0 aliphatic heterocycles. The Kier molecular flexibility index (Phi) is 5.71. The van der Waals surface area contributed by atoms with Gasteiger partial charge in [-0.05, 0) is 30.4 Å². The normalized spacial score (nSPS) is 15.5. The van der Waals surface area contributed by atoms with Gasteiger partial charge in [0.25, 0.3) is 0 Å². The van der Waals surface area contributed by atoms with Gasteiger partial charge in [-0.2, -0.15) is 0 Å². The van der Waals surface area contributed by atoms with E-state index in [1.54, 1.807) is 5.56 Å². The monoisotopic (exact) mass is 335 g/mol. The fraction of sp³-hybridized carbons (Fsp3) is 0.714. The average Bonchev–Trinajstić information content (AvgIpc) is 2.50. The quantitative estimate of drug-likeness (QED) is 0.574. The second kappa shape index (κ2) is 6.01. The fourth-order valence-corrected chi connectivity index (χ4v) is 6.93. The molecule has 4 atom stereocenters. The number of aromatic nitrogens is 1. The molecule has 0 fully saturated rings. The molecule has 0 spiro atoms. The Morgan fingerprint density at radius 1 is 1.00 bits per heavy atom. The first-order valence-corrected chi connectivity index (χ1v) is 13.2. The van der Waals surface area contributed by atoms with E-state index in [4.69, 9.17) is 0 Å². The molecular weight excluding hydrogens is 306 g/mol. The second-order valence-corrected chi connectivity index (χ2v) is 16.1. The Morgan fingerprint density at radius 2 is 1.47 bits per heavy atom. The Labute approximate surface area is 126 Å². The Bertz CT molecular complexity index is 463. The van der Waals surface area contributed by atoms with E-state index in [9.17, 15) is 0 Å². The molecule has 1 nitrogen and oxygen atoms in total. The van der Waals surface area contributed by atoms with Crippen LogP contribution in [-0.2, 0) is 10.8 Å².